The number of aryl methyl sites for hydroxylation is 1. The SMILES string of the molecule is CNC(=O)c1ccn(-c2c(N)c(C(C)C)nn2C)n1. The van der Waals surface area contributed by atoms with Crippen molar-refractivity contribution in [2.45, 2.75) is 19.8 Å². The largest absolute Gasteiger partial charge is 0.394 e. The summed E-state index contributed by atoms with van der Waals surface area (Å²) in [4.78, 5) is 11.5. The van der Waals surface area contributed by atoms with Gasteiger partial charge in [-0.05, 0) is 12.0 Å². The summed E-state index contributed by atoms with van der Waals surface area (Å²) in [6.07, 6.45) is 1.70. The van der Waals surface area contributed by atoms with Crippen molar-refractivity contribution in [2.24, 2.45) is 7.05 Å². The molecule has 0 aliphatic heterocycles. The first kappa shape index (κ1) is 13.1. The highest BCUT2D eigenvalue weighted by molar-refractivity contribution is 5.91. The predicted octanol–water partition coefficient (Wildman–Crippen LogP) is 0.671. The van der Waals surface area contributed by atoms with E-state index in [0.29, 0.717) is 17.2 Å². The van der Waals surface area contributed by atoms with Crippen LogP contribution in [0.1, 0.15) is 35.9 Å². The Labute approximate surface area is 111 Å². The molecule has 0 bridgehead atoms. The Balaban J connectivity index is 2.47. The van der Waals surface area contributed by atoms with E-state index in [4.69, 9.17) is 5.73 Å². The topological polar surface area (TPSA) is 90.8 Å². The van der Waals surface area contributed by atoms with E-state index in [1.807, 2.05) is 13.8 Å². The van der Waals surface area contributed by atoms with E-state index in [2.05, 4.69) is 15.5 Å². The molecule has 0 spiro atoms. The zero-order chi connectivity index (χ0) is 14.2. The molecule has 2 heterocycles. The normalized spacial score (nSPS) is 11.0. The van der Waals surface area contributed by atoms with Crippen molar-refractivity contribution in [3.8, 4) is 5.82 Å². The summed E-state index contributed by atoms with van der Waals surface area (Å²) in [6, 6.07) is 1.64. The van der Waals surface area contributed by atoms with Gasteiger partial charge in [0.25, 0.3) is 5.91 Å². The van der Waals surface area contributed by atoms with Crippen LogP contribution in [-0.4, -0.2) is 32.5 Å². The van der Waals surface area contributed by atoms with Crippen LogP contribution in [-0.2, 0) is 7.05 Å². The first-order valence-electron chi connectivity index (χ1n) is 6.06. The average molecular weight is 262 g/mol. The van der Waals surface area contributed by atoms with E-state index in [0.717, 1.165) is 5.69 Å². The van der Waals surface area contributed by atoms with Crippen LogP contribution in [0.5, 0.6) is 0 Å². The fourth-order valence-electron chi connectivity index (χ4n) is 1.94. The Bertz CT molecular complexity index is 610. The molecular weight excluding hydrogens is 244 g/mol. The van der Waals surface area contributed by atoms with Gasteiger partial charge in [0.1, 0.15) is 5.69 Å². The summed E-state index contributed by atoms with van der Waals surface area (Å²) < 4.78 is 3.24. The highest BCUT2D eigenvalue weighted by Crippen LogP contribution is 2.26. The average Bonchev–Trinajstić information content (AvgIpc) is 2.93. The number of hydrogen-bond acceptors (Lipinski definition) is 4. The van der Waals surface area contributed by atoms with Crippen molar-refractivity contribution in [1.82, 2.24) is 24.9 Å². The molecule has 2 aromatic rings. The van der Waals surface area contributed by atoms with Gasteiger partial charge in [0, 0.05) is 20.3 Å². The number of nitrogens with two attached hydrogens (primary N) is 1. The maximum Gasteiger partial charge on any atom is 0.271 e. The third kappa shape index (κ3) is 2.18. The van der Waals surface area contributed by atoms with Crippen LogP contribution in [0.4, 0.5) is 5.69 Å². The molecule has 0 aliphatic rings. The lowest BCUT2D eigenvalue weighted by atomic mass is 10.1. The van der Waals surface area contributed by atoms with E-state index >= 15 is 0 Å². The molecule has 0 saturated carbocycles. The van der Waals surface area contributed by atoms with Crippen LogP contribution in [0.25, 0.3) is 5.82 Å². The molecule has 0 atom stereocenters. The van der Waals surface area contributed by atoms with Gasteiger partial charge in [0.2, 0.25) is 0 Å². The van der Waals surface area contributed by atoms with E-state index in [1.54, 1.807) is 35.7 Å². The van der Waals surface area contributed by atoms with Gasteiger partial charge in [-0.2, -0.15) is 10.2 Å². The molecule has 0 fully saturated rings. The Morgan fingerprint density at radius 3 is 2.63 bits per heavy atom. The molecule has 7 nitrogen and oxygen atoms in total. The van der Waals surface area contributed by atoms with E-state index in [1.165, 1.54) is 0 Å². The van der Waals surface area contributed by atoms with Crippen LogP contribution in [0, 0.1) is 0 Å². The van der Waals surface area contributed by atoms with Crippen LogP contribution >= 0.6 is 0 Å². The van der Waals surface area contributed by atoms with Gasteiger partial charge in [-0.3, -0.25) is 4.79 Å². The third-order valence-corrected chi connectivity index (χ3v) is 2.89. The van der Waals surface area contributed by atoms with Gasteiger partial charge in [-0.1, -0.05) is 13.8 Å². The number of rotatable bonds is 3. The number of carbonyl (C=O) groups is 1. The van der Waals surface area contributed by atoms with Gasteiger partial charge in [0.05, 0.1) is 5.69 Å². The second-order valence-electron chi connectivity index (χ2n) is 4.63. The monoisotopic (exact) mass is 262 g/mol. The van der Waals surface area contributed by atoms with Gasteiger partial charge >= 0.3 is 0 Å². The molecule has 19 heavy (non-hydrogen) atoms. The van der Waals surface area contributed by atoms with Crippen molar-refractivity contribution in [3.05, 3.63) is 23.7 Å². The van der Waals surface area contributed by atoms with E-state index in [-0.39, 0.29) is 11.8 Å². The summed E-state index contributed by atoms with van der Waals surface area (Å²) in [5.41, 5.74) is 7.87. The summed E-state index contributed by atoms with van der Waals surface area (Å²) >= 11 is 0. The molecule has 3 N–H and O–H groups in total. The van der Waals surface area contributed by atoms with Crippen molar-refractivity contribution in [2.75, 3.05) is 12.8 Å². The molecule has 0 unspecified atom stereocenters. The summed E-state index contributed by atoms with van der Waals surface area (Å²) in [6.45, 7) is 4.06. The van der Waals surface area contributed by atoms with E-state index < -0.39 is 0 Å². The Hall–Kier alpha value is -2.31. The number of nitrogens with zero attached hydrogens (tertiary/aromatic N) is 4. The van der Waals surface area contributed by atoms with Gasteiger partial charge < -0.3 is 11.1 Å². The van der Waals surface area contributed by atoms with Crippen LogP contribution in [0.3, 0.4) is 0 Å². The third-order valence-electron chi connectivity index (χ3n) is 2.89. The molecule has 0 aliphatic carbocycles. The van der Waals surface area contributed by atoms with Crippen molar-refractivity contribution >= 4 is 11.6 Å². The number of nitrogens with one attached hydrogen (secondary N) is 1. The van der Waals surface area contributed by atoms with Gasteiger partial charge in [0.15, 0.2) is 11.5 Å². The Morgan fingerprint density at radius 1 is 1.42 bits per heavy atom. The minimum atomic E-state index is -0.233. The van der Waals surface area contributed by atoms with Crippen LogP contribution < -0.4 is 11.1 Å². The maximum absolute atomic E-state index is 11.5. The minimum absolute atomic E-state index is 0.230. The maximum atomic E-state index is 11.5. The number of aromatic nitrogens is 4. The predicted molar refractivity (Wildman–Crippen MR) is 72.2 cm³/mol. The zero-order valence-corrected chi connectivity index (χ0v) is 11.5. The minimum Gasteiger partial charge on any atom is -0.394 e. The molecule has 2 rings (SSSR count). The summed E-state index contributed by atoms with van der Waals surface area (Å²) in [7, 11) is 3.37. The lowest BCUT2D eigenvalue weighted by Gasteiger charge is -2.03. The Morgan fingerprint density at radius 2 is 2.11 bits per heavy atom. The van der Waals surface area contributed by atoms with Crippen molar-refractivity contribution in [1.29, 1.82) is 0 Å². The molecule has 7 heteroatoms. The lowest BCUT2D eigenvalue weighted by molar-refractivity contribution is 0.0957. The number of anilines is 1. The van der Waals surface area contributed by atoms with Gasteiger partial charge in [-0.15, -0.1) is 0 Å². The molecular formula is C12H18N6O. The second-order valence-corrected chi connectivity index (χ2v) is 4.63. The molecule has 2 aromatic heterocycles. The standard InChI is InChI=1S/C12H18N6O/c1-7(2)10-9(13)12(17(4)16-10)18-6-5-8(15-18)11(19)14-3/h5-7H,13H2,1-4H3,(H,14,19). The van der Waals surface area contributed by atoms with Gasteiger partial charge in [-0.25, -0.2) is 9.36 Å². The summed E-state index contributed by atoms with van der Waals surface area (Å²) in [5.74, 6) is 0.663. The fourth-order valence-corrected chi connectivity index (χ4v) is 1.94. The number of hydrogen-bond donors (Lipinski definition) is 2. The molecule has 0 saturated heterocycles. The lowest BCUT2D eigenvalue weighted by Crippen LogP contribution is -2.18. The van der Waals surface area contributed by atoms with Crippen molar-refractivity contribution < 1.29 is 4.79 Å². The molecule has 0 aromatic carbocycles. The Kier molecular flexibility index (Phi) is 3.28. The smallest absolute Gasteiger partial charge is 0.271 e. The highest BCUT2D eigenvalue weighted by atomic mass is 16.1. The fraction of sp³-hybridized carbons (Fsp3) is 0.417. The van der Waals surface area contributed by atoms with Crippen molar-refractivity contribution in [3.63, 3.8) is 0 Å². The number of nitrogen functional groups attached to an aromatic ring is 1. The zero-order valence-electron chi connectivity index (χ0n) is 11.5. The second kappa shape index (κ2) is 4.75. The van der Waals surface area contributed by atoms with Crippen LogP contribution in [0.15, 0.2) is 12.3 Å². The first-order chi connectivity index (χ1) is 8.95. The first-order valence-corrected chi connectivity index (χ1v) is 6.06. The number of carbonyl (C=O) groups excluding carboxylic acids is 1. The molecule has 0 radical (unpaired) electrons. The molecule has 1 amide bonds. The number of amides is 1. The molecule has 102 valence electrons. The summed E-state index contributed by atoms with van der Waals surface area (Å²) in [5, 5.41) is 11.1. The van der Waals surface area contributed by atoms with Crippen LogP contribution in [0.2, 0.25) is 0 Å². The van der Waals surface area contributed by atoms with E-state index in [9.17, 15) is 4.79 Å². The highest BCUT2D eigenvalue weighted by Gasteiger charge is 2.18. The quantitative estimate of drug-likeness (QED) is 0.850.